The van der Waals surface area contributed by atoms with Crippen LogP contribution in [-0.2, 0) is 0 Å². The Hall–Kier alpha value is -1.26. The summed E-state index contributed by atoms with van der Waals surface area (Å²) in [7, 11) is 0. The van der Waals surface area contributed by atoms with Crippen molar-refractivity contribution >= 4 is 44.4 Å². The molecule has 0 saturated heterocycles. The van der Waals surface area contributed by atoms with Crippen LogP contribution in [0.1, 0.15) is 20.7 Å². The van der Waals surface area contributed by atoms with Crippen molar-refractivity contribution in [1.29, 1.82) is 0 Å². The standard InChI is InChI=1S/2C7H5BrO/c8-7-3-1-2-6(4-7)5-9;8-7-4-2-1-3-6(7)5-9/h2*1-5H. The third-order valence-electron chi connectivity index (χ3n) is 2.02. The van der Waals surface area contributed by atoms with Gasteiger partial charge < -0.3 is 0 Å². The topological polar surface area (TPSA) is 34.1 Å². The molecule has 2 nitrogen and oxygen atoms in total. The zero-order valence-electron chi connectivity index (χ0n) is 9.35. The molecule has 0 N–H and O–H groups in total. The van der Waals surface area contributed by atoms with Crippen molar-refractivity contribution in [3.8, 4) is 0 Å². The summed E-state index contributed by atoms with van der Waals surface area (Å²) in [6.45, 7) is 0. The summed E-state index contributed by atoms with van der Waals surface area (Å²) in [5, 5.41) is 0. The quantitative estimate of drug-likeness (QED) is 0.729. The van der Waals surface area contributed by atoms with E-state index >= 15 is 0 Å². The van der Waals surface area contributed by atoms with Crippen molar-refractivity contribution in [2.75, 3.05) is 0 Å². The summed E-state index contributed by atoms with van der Waals surface area (Å²) in [4.78, 5) is 20.3. The number of rotatable bonds is 2. The van der Waals surface area contributed by atoms with E-state index in [0.29, 0.717) is 11.1 Å². The molecule has 4 heteroatoms. The maximum Gasteiger partial charge on any atom is 0.151 e. The van der Waals surface area contributed by atoms with Gasteiger partial charge in [-0.05, 0) is 18.2 Å². The SMILES string of the molecule is O=Cc1cccc(Br)c1.O=Cc1ccccc1Br. The van der Waals surface area contributed by atoms with E-state index in [4.69, 9.17) is 0 Å². The van der Waals surface area contributed by atoms with Crippen LogP contribution >= 0.6 is 31.9 Å². The van der Waals surface area contributed by atoms with Crippen molar-refractivity contribution in [3.63, 3.8) is 0 Å². The summed E-state index contributed by atoms with van der Waals surface area (Å²) in [6.07, 6.45) is 1.65. The first-order chi connectivity index (χ1) is 8.67. The first-order valence-corrected chi connectivity index (χ1v) is 6.66. The van der Waals surface area contributed by atoms with E-state index in [2.05, 4.69) is 31.9 Å². The highest BCUT2D eigenvalue weighted by atomic mass is 79.9. The molecule has 0 aliphatic rings. The first-order valence-electron chi connectivity index (χ1n) is 5.08. The van der Waals surface area contributed by atoms with Crippen LogP contribution in [0.4, 0.5) is 0 Å². The van der Waals surface area contributed by atoms with Crippen LogP contribution in [0.3, 0.4) is 0 Å². The van der Waals surface area contributed by atoms with Gasteiger partial charge in [-0.3, -0.25) is 9.59 Å². The highest BCUT2D eigenvalue weighted by Crippen LogP contribution is 2.12. The van der Waals surface area contributed by atoms with E-state index in [1.54, 1.807) is 18.2 Å². The van der Waals surface area contributed by atoms with Crippen LogP contribution in [0, 0.1) is 0 Å². The molecule has 0 fully saturated rings. The third kappa shape index (κ3) is 4.94. The molecule has 0 saturated carbocycles. The van der Waals surface area contributed by atoms with Gasteiger partial charge in [-0.1, -0.05) is 62.2 Å². The average Bonchev–Trinajstić information content (AvgIpc) is 2.40. The van der Waals surface area contributed by atoms with E-state index < -0.39 is 0 Å². The van der Waals surface area contributed by atoms with Gasteiger partial charge in [-0.25, -0.2) is 0 Å². The predicted molar refractivity (Wildman–Crippen MR) is 79.1 cm³/mol. The van der Waals surface area contributed by atoms with Gasteiger partial charge in [0.1, 0.15) is 6.29 Å². The second-order valence-electron chi connectivity index (χ2n) is 3.31. The minimum atomic E-state index is 0.692. The van der Waals surface area contributed by atoms with Crippen molar-refractivity contribution < 1.29 is 9.59 Å². The molecule has 0 atom stereocenters. The lowest BCUT2D eigenvalue weighted by molar-refractivity contribution is 0.111. The Bertz CT molecular complexity index is 539. The molecule has 2 rings (SSSR count). The Balaban J connectivity index is 0.000000180. The molecule has 0 spiro atoms. The van der Waals surface area contributed by atoms with E-state index in [0.717, 1.165) is 21.5 Å². The molecule has 2 aromatic carbocycles. The fourth-order valence-electron chi connectivity index (χ4n) is 1.15. The molecular formula is C14H10Br2O2. The predicted octanol–water partition coefficient (Wildman–Crippen LogP) is 4.52. The summed E-state index contributed by atoms with van der Waals surface area (Å²) in [5.74, 6) is 0. The maximum atomic E-state index is 10.2. The average molecular weight is 370 g/mol. The number of aldehydes is 2. The lowest BCUT2D eigenvalue weighted by atomic mass is 10.2. The van der Waals surface area contributed by atoms with Crippen LogP contribution in [-0.4, -0.2) is 12.6 Å². The summed E-state index contributed by atoms with van der Waals surface area (Å²) in [5.41, 5.74) is 1.39. The summed E-state index contributed by atoms with van der Waals surface area (Å²) >= 11 is 6.47. The molecule has 0 bridgehead atoms. The number of benzene rings is 2. The second-order valence-corrected chi connectivity index (χ2v) is 5.08. The van der Waals surface area contributed by atoms with Gasteiger partial charge in [-0.2, -0.15) is 0 Å². The smallest absolute Gasteiger partial charge is 0.151 e. The van der Waals surface area contributed by atoms with Crippen LogP contribution in [0.2, 0.25) is 0 Å². The van der Waals surface area contributed by atoms with Crippen LogP contribution in [0.5, 0.6) is 0 Å². The minimum absolute atomic E-state index is 0.692. The highest BCUT2D eigenvalue weighted by Gasteiger charge is 1.92. The van der Waals surface area contributed by atoms with E-state index in [1.807, 2.05) is 30.3 Å². The Morgan fingerprint density at radius 1 is 0.833 bits per heavy atom. The molecule has 0 aliphatic heterocycles. The van der Waals surface area contributed by atoms with Gasteiger partial charge in [0.25, 0.3) is 0 Å². The molecular weight excluding hydrogens is 360 g/mol. The van der Waals surface area contributed by atoms with Gasteiger partial charge in [0.2, 0.25) is 0 Å². The molecule has 0 aliphatic carbocycles. The molecule has 2 aromatic rings. The van der Waals surface area contributed by atoms with Gasteiger partial charge in [0.15, 0.2) is 6.29 Å². The lowest BCUT2D eigenvalue weighted by Gasteiger charge is -1.90. The number of hydrogen-bond acceptors (Lipinski definition) is 2. The van der Waals surface area contributed by atoms with Gasteiger partial charge in [-0.15, -0.1) is 0 Å². The molecule has 92 valence electrons. The molecule has 0 heterocycles. The van der Waals surface area contributed by atoms with Crippen molar-refractivity contribution in [1.82, 2.24) is 0 Å². The van der Waals surface area contributed by atoms with Gasteiger partial charge in [0, 0.05) is 20.1 Å². The van der Waals surface area contributed by atoms with Crippen molar-refractivity contribution in [2.45, 2.75) is 0 Å². The molecule has 0 aromatic heterocycles. The lowest BCUT2D eigenvalue weighted by Crippen LogP contribution is -1.78. The number of carbonyl (C=O) groups excluding carboxylic acids is 2. The van der Waals surface area contributed by atoms with Crippen LogP contribution < -0.4 is 0 Å². The molecule has 0 unspecified atom stereocenters. The van der Waals surface area contributed by atoms with Crippen LogP contribution in [0.15, 0.2) is 57.5 Å². The van der Waals surface area contributed by atoms with Crippen molar-refractivity contribution in [3.05, 3.63) is 68.6 Å². The first kappa shape index (κ1) is 14.8. The fraction of sp³-hybridized carbons (Fsp3) is 0. The summed E-state index contributed by atoms with van der Waals surface area (Å²) < 4.78 is 1.78. The highest BCUT2D eigenvalue weighted by molar-refractivity contribution is 9.10. The van der Waals surface area contributed by atoms with Crippen LogP contribution in [0.25, 0.3) is 0 Å². The van der Waals surface area contributed by atoms with E-state index in [9.17, 15) is 9.59 Å². The Morgan fingerprint density at radius 2 is 1.56 bits per heavy atom. The number of halogens is 2. The van der Waals surface area contributed by atoms with Gasteiger partial charge in [0.05, 0.1) is 0 Å². The zero-order valence-corrected chi connectivity index (χ0v) is 12.5. The molecule has 0 amide bonds. The number of hydrogen-bond donors (Lipinski definition) is 0. The largest absolute Gasteiger partial charge is 0.298 e. The Kier molecular flexibility index (Phi) is 6.54. The maximum absolute atomic E-state index is 10.2. The zero-order chi connectivity index (χ0) is 13.4. The van der Waals surface area contributed by atoms with E-state index in [1.165, 1.54) is 0 Å². The van der Waals surface area contributed by atoms with Crippen molar-refractivity contribution in [2.24, 2.45) is 0 Å². The number of carbonyl (C=O) groups is 2. The van der Waals surface area contributed by atoms with E-state index in [-0.39, 0.29) is 0 Å². The summed E-state index contributed by atoms with van der Waals surface area (Å²) in [6, 6.07) is 14.5. The second kappa shape index (κ2) is 7.95. The normalized spacial score (nSPS) is 9.00. The fourth-order valence-corrected chi connectivity index (χ4v) is 1.95. The minimum Gasteiger partial charge on any atom is -0.298 e. The Labute approximate surface area is 122 Å². The monoisotopic (exact) mass is 368 g/mol. The Morgan fingerprint density at radius 3 is 2.00 bits per heavy atom. The molecule has 18 heavy (non-hydrogen) atoms. The van der Waals surface area contributed by atoms with Gasteiger partial charge >= 0.3 is 0 Å². The third-order valence-corrected chi connectivity index (χ3v) is 3.23. The molecule has 0 radical (unpaired) electrons.